The standard InChI is InChI=1S/C36H34N8O4S/c1-36(2,3)31-19-33(44(42-31)26-10-14-29(46)25(18-26)20-37)39-35(47)38-21-24-6-4-5-7-30(24)49-28-13-15-32-40-41-34(43(32)22-28)23-8-11-27(12-9-23)48-17-16-45/h4-15,18-19,22,45-46H,16-17,21H2,1-3H3,(H2,38,39,47). The number of carbonyl (C=O) groups excluding carboxylic acids is 1. The van der Waals surface area contributed by atoms with Crippen molar-refractivity contribution in [1.29, 1.82) is 5.26 Å². The second kappa shape index (κ2) is 14.1. The number of amides is 2. The molecule has 0 aliphatic carbocycles. The number of nitrogens with one attached hydrogen (secondary N) is 2. The van der Waals surface area contributed by atoms with Gasteiger partial charge in [-0.25, -0.2) is 9.48 Å². The Morgan fingerprint density at radius 2 is 1.82 bits per heavy atom. The van der Waals surface area contributed by atoms with Crippen LogP contribution < -0.4 is 15.4 Å². The number of aliphatic hydroxyl groups is 1. The van der Waals surface area contributed by atoms with E-state index in [4.69, 9.17) is 14.9 Å². The fourth-order valence-electron chi connectivity index (χ4n) is 4.98. The van der Waals surface area contributed by atoms with Crippen LogP contribution in [0, 0.1) is 11.3 Å². The monoisotopic (exact) mass is 674 g/mol. The molecule has 3 aromatic carbocycles. The van der Waals surface area contributed by atoms with Gasteiger partial charge in [-0.15, -0.1) is 10.2 Å². The molecule has 12 nitrogen and oxygen atoms in total. The first-order chi connectivity index (χ1) is 23.6. The smallest absolute Gasteiger partial charge is 0.320 e. The molecular formula is C36H34N8O4S. The Bertz CT molecular complexity index is 2160. The molecule has 0 aliphatic rings. The van der Waals surface area contributed by atoms with Crippen LogP contribution in [0.2, 0.25) is 0 Å². The van der Waals surface area contributed by atoms with Crippen molar-refractivity contribution in [2.45, 2.75) is 42.5 Å². The Labute approximate surface area is 287 Å². The summed E-state index contributed by atoms with van der Waals surface area (Å²) in [7, 11) is 0. The summed E-state index contributed by atoms with van der Waals surface area (Å²) >= 11 is 1.56. The lowest BCUT2D eigenvalue weighted by Gasteiger charge is -2.14. The largest absolute Gasteiger partial charge is 0.507 e. The summed E-state index contributed by atoms with van der Waals surface area (Å²) in [6.45, 7) is 6.49. The number of benzene rings is 3. The van der Waals surface area contributed by atoms with Crippen molar-refractivity contribution in [2.24, 2.45) is 0 Å². The van der Waals surface area contributed by atoms with Crippen molar-refractivity contribution in [2.75, 3.05) is 18.5 Å². The summed E-state index contributed by atoms with van der Waals surface area (Å²) in [6, 6.07) is 27.2. The molecule has 248 valence electrons. The van der Waals surface area contributed by atoms with Gasteiger partial charge in [-0.2, -0.15) is 10.4 Å². The predicted octanol–water partition coefficient (Wildman–Crippen LogP) is 6.30. The summed E-state index contributed by atoms with van der Waals surface area (Å²) in [4.78, 5) is 15.2. The highest BCUT2D eigenvalue weighted by Crippen LogP contribution is 2.32. The van der Waals surface area contributed by atoms with Crippen molar-refractivity contribution in [3.63, 3.8) is 0 Å². The fourth-order valence-corrected chi connectivity index (χ4v) is 5.95. The third kappa shape index (κ3) is 7.51. The average molecular weight is 675 g/mol. The number of hydrogen-bond donors (Lipinski definition) is 4. The van der Waals surface area contributed by atoms with E-state index < -0.39 is 6.03 Å². The maximum atomic E-state index is 13.2. The van der Waals surface area contributed by atoms with E-state index >= 15 is 0 Å². The molecule has 0 fully saturated rings. The van der Waals surface area contributed by atoms with Gasteiger partial charge in [0.15, 0.2) is 11.5 Å². The molecule has 0 bridgehead atoms. The number of hydrogen-bond acceptors (Lipinski definition) is 9. The number of anilines is 1. The molecule has 0 spiro atoms. The maximum absolute atomic E-state index is 13.2. The van der Waals surface area contributed by atoms with Crippen molar-refractivity contribution < 1.29 is 19.7 Å². The molecule has 0 atom stereocenters. The zero-order valence-electron chi connectivity index (χ0n) is 27.1. The molecule has 4 N–H and O–H groups in total. The zero-order chi connectivity index (χ0) is 34.5. The highest BCUT2D eigenvalue weighted by atomic mass is 32.2. The Balaban J connectivity index is 1.18. The number of pyridine rings is 1. The van der Waals surface area contributed by atoms with Gasteiger partial charge in [0.25, 0.3) is 0 Å². The lowest BCUT2D eigenvalue weighted by Crippen LogP contribution is -2.29. The number of aromatic nitrogens is 5. The van der Waals surface area contributed by atoms with Gasteiger partial charge >= 0.3 is 6.03 Å². The molecule has 49 heavy (non-hydrogen) atoms. The Kier molecular flexibility index (Phi) is 9.52. The number of fused-ring (bicyclic) bond motifs is 1. The second-order valence-corrected chi connectivity index (χ2v) is 13.2. The molecular weight excluding hydrogens is 641 g/mol. The van der Waals surface area contributed by atoms with Crippen LogP contribution in [0.1, 0.15) is 37.6 Å². The molecule has 0 radical (unpaired) electrons. The highest BCUT2D eigenvalue weighted by molar-refractivity contribution is 7.99. The quantitative estimate of drug-likeness (QED) is 0.131. The van der Waals surface area contributed by atoms with Crippen LogP contribution in [0.25, 0.3) is 22.7 Å². The highest BCUT2D eigenvalue weighted by Gasteiger charge is 2.22. The van der Waals surface area contributed by atoms with E-state index in [1.807, 2.05) is 98.1 Å². The van der Waals surface area contributed by atoms with Crippen LogP contribution >= 0.6 is 11.8 Å². The van der Waals surface area contributed by atoms with E-state index in [0.717, 1.165) is 26.6 Å². The SMILES string of the molecule is CC(C)(C)c1cc(NC(=O)NCc2ccccc2Sc2ccc3nnc(-c4ccc(OCCO)cc4)n3c2)n(-c2ccc(O)c(C#N)c2)n1. The minimum absolute atomic E-state index is 0.0536. The second-order valence-electron chi connectivity index (χ2n) is 12.1. The topological polar surface area (TPSA) is 163 Å². The molecule has 2 amide bonds. The summed E-state index contributed by atoms with van der Waals surface area (Å²) in [5.74, 6) is 1.64. The van der Waals surface area contributed by atoms with Crippen LogP contribution in [0.4, 0.5) is 10.6 Å². The predicted molar refractivity (Wildman–Crippen MR) is 186 cm³/mol. The van der Waals surface area contributed by atoms with E-state index in [1.54, 1.807) is 28.6 Å². The summed E-state index contributed by atoms with van der Waals surface area (Å²) in [5.41, 5.74) is 3.57. The van der Waals surface area contributed by atoms with Gasteiger partial charge in [0.1, 0.15) is 30.0 Å². The lowest BCUT2D eigenvalue weighted by atomic mass is 9.92. The van der Waals surface area contributed by atoms with E-state index in [2.05, 4.69) is 20.8 Å². The molecule has 0 saturated carbocycles. The van der Waals surface area contributed by atoms with Gasteiger partial charge in [-0.05, 0) is 66.2 Å². The zero-order valence-corrected chi connectivity index (χ0v) is 27.9. The number of ether oxygens (including phenoxy) is 1. The van der Waals surface area contributed by atoms with Gasteiger partial charge in [0, 0.05) is 39.6 Å². The number of aromatic hydroxyl groups is 1. The van der Waals surface area contributed by atoms with Gasteiger partial charge < -0.3 is 20.3 Å². The third-order valence-corrected chi connectivity index (χ3v) is 8.65. The Morgan fingerprint density at radius 1 is 1.02 bits per heavy atom. The molecule has 0 unspecified atom stereocenters. The van der Waals surface area contributed by atoms with E-state index in [9.17, 15) is 15.2 Å². The number of nitrogens with zero attached hydrogens (tertiary/aromatic N) is 6. The first-order valence-corrected chi connectivity index (χ1v) is 16.3. The Morgan fingerprint density at radius 3 is 2.57 bits per heavy atom. The average Bonchev–Trinajstić information content (AvgIpc) is 3.72. The van der Waals surface area contributed by atoms with Crippen molar-refractivity contribution in [3.8, 4) is 34.6 Å². The van der Waals surface area contributed by atoms with E-state index in [1.165, 1.54) is 12.1 Å². The molecule has 3 heterocycles. The van der Waals surface area contributed by atoms with Gasteiger partial charge in [-0.3, -0.25) is 9.72 Å². The number of urea groups is 1. The first-order valence-electron chi connectivity index (χ1n) is 15.5. The first kappa shape index (κ1) is 33.1. The third-order valence-electron chi connectivity index (χ3n) is 7.55. The molecule has 3 aromatic heterocycles. The number of phenols is 1. The normalized spacial score (nSPS) is 11.3. The van der Waals surface area contributed by atoms with Gasteiger partial charge in [0.2, 0.25) is 0 Å². The minimum Gasteiger partial charge on any atom is -0.507 e. The van der Waals surface area contributed by atoms with Gasteiger partial charge in [0.05, 0.1) is 23.6 Å². The number of aliphatic hydroxyl groups excluding tert-OH is 1. The van der Waals surface area contributed by atoms with Crippen LogP contribution in [-0.2, 0) is 12.0 Å². The molecule has 6 rings (SSSR count). The summed E-state index contributed by atoms with van der Waals surface area (Å²) in [5, 5.41) is 47.7. The maximum Gasteiger partial charge on any atom is 0.320 e. The van der Waals surface area contributed by atoms with Crippen LogP contribution in [-0.4, -0.2) is 53.8 Å². The van der Waals surface area contributed by atoms with E-state index in [-0.39, 0.29) is 36.5 Å². The minimum atomic E-state index is -0.427. The van der Waals surface area contributed by atoms with E-state index in [0.29, 0.717) is 28.7 Å². The summed E-state index contributed by atoms with van der Waals surface area (Å²) < 4.78 is 8.96. The van der Waals surface area contributed by atoms with Crippen LogP contribution in [0.5, 0.6) is 11.5 Å². The number of nitriles is 1. The van der Waals surface area contributed by atoms with Crippen molar-refractivity contribution >= 4 is 29.3 Å². The van der Waals surface area contributed by atoms with Crippen LogP contribution in [0.15, 0.2) is 101 Å². The lowest BCUT2D eigenvalue weighted by molar-refractivity contribution is 0.201. The number of phenolic OH excluding ortho intramolecular Hbond substituents is 1. The number of carbonyl (C=O) groups is 1. The van der Waals surface area contributed by atoms with Crippen molar-refractivity contribution in [1.82, 2.24) is 29.7 Å². The Hall–Kier alpha value is -5.84. The number of rotatable bonds is 10. The molecule has 13 heteroatoms. The summed E-state index contributed by atoms with van der Waals surface area (Å²) in [6.07, 6.45) is 1.98. The fraction of sp³-hybridized carbons (Fsp3) is 0.194. The van der Waals surface area contributed by atoms with Gasteiger partial charge in [-0.1, -0.05) is 50.7 Å². The molecule has 0 aliphatic heterocycles. The molecule has 0 saturated heterocycles. The van der Waals surface area contributed by atoms with Crippen molar-refractivity contribution in [3.05, 3.63) is 108 Å². The molecule has 6 aromatic rings. The van der Waals surface area contributed by atoms with Crippen LogP contribution in [0.3, 0.4) is 0 Å².